The summed E-state index contributed by atoms with van der Waals surface area (Å²) in [5, 5.41) is 20.1. The fourth-order valence-electron chi connectivity index (χ4n) is 5.99. The second kappa shape index (κ2) is 34.1. The predicted octanol–water partition coefficient (Wildman–Crippen LogP) is 2.67. The van der Waals surface area contributed by atoms with Crippen molar-refractivity contribution in [3.63, 3.8) is 0 Å². The number of amides is 1. The minimum atomic E-state index is -0.626. The van der Waals surface area contributed by atoms with Gasteiger partial charge >= 0.3 is 11.6 Å². The molecule has 0 atom stereocenters. The van der Waals surface area contributed by atoms with Gasteiger partial charge in [0, 0.05) is 62.5 Å². The number of ether oxygens (including phenoxy) is 10. The third kappa shape index (κ3) is 23.0. The van der Waals surface area contributed by atoms with E-state index < -0.39 is 23.4 Å². The second-order valence-electron chi connectivity index (χ2n) is 14.3. The van der Waals surface area contributed by atoms with Crippen LogP contribution in [0.4, 0.5) is 5.69 Å². The first kappa shape index (κ1) is 54.0. The minimum Gasteiger partial charge on any atom is -0.492 e. The van der Waals surface area contributed by atoms with Crippen molar-refractivity contribution in [3.8, 4) is 11.8 Å². The molecular formula is C44H69N3O17. The van der Waals surface area contributed by atoms with Crippen molar-refractivity contribution in [1.82, 2.24) is 9.63 Å². The quantitative estimate of drug-likeness (QED) is 0.0422. The number of hydrogen-bond acceptors (Lipinski definition) is 18. The molecule has 0 aliphatic rings. The van der Waals surface area contributed by atoms with Crippen LogP contribution in [0.1, 0.15) is 43.2 Å². The number of aryl methyl sites for hydroxylation is 1. The number of hydrogen-bond donors (Lipinski definition) is 3. The Morgan fingerprint density at radius 1 is 0.625 bits per heavy atom. The number of benzene rings is 1. The number of aromatic nitrogens is 1. The highest BCUT2D eigenvalue weighted by Crippen LogP contribution is 2.23. The number of aromatic hydroxyl groups is 2. The zero-order valence-electron chi connectivity index (χ0n) is 37.5. The highest BCUT2D eigenvalue weighted by atomic mass is 16.7. The Morgan fingerprint density at radius 3 is 1.56 bits per heavy atom. The fourth-order valence-corrected chi connectivity index (χ4v) is 5.99. The Morgan fingerprint density at radius 2 is 1.08 bits per heavy atom. The van der Waals surface area contributed by atoms with Crippen LogP contribution in [0, 0.1) is 6.92 Å². The van der Waals surface area contributed by atoms with E-state index in [0.717, 1.165) is 0 Å². The number of nitrogens with two attached hydrogens (primary N) is 1. The Kier molecular flexibility index (Phi) is 28.7. The van der Waals surface area contributed by atoms with Crippen molar-refractivity contribution in [3.05, 3.63) is 51.9 Å². The van der Waals surface area contributed by atoms with Gasteiger partial charge in [-0.05, 0) is 43.9 Å². The summed E-state index contributed by atoms with van der Waals surface area (Å²) in [5.74, 6) is -1.66. The lowest BCUT2D eigenvalue weighted by molar-refractivity contribution is -0.145. The molecule has 4 N–H and O–H groups in total. The molecule has 0 radical (unpaired) electrons. The number of anilines is 1. The summed E-state index contributed by atoms with van der Waals surface area (Å²) in [6, 6.07) is 7.47. The maximum atomic E-state index is 13.6. The van der Waals surface area contributed by atoms with Crippen LogP contribution >= 0.6 is 0 Å². The SMILES string of the molecule is COCCOCCOCCOCCOCCOCCOCCOCCOCCOCCCN(CCCCCC(=O)On1c(O)ccc1O)C(=O)Cc1c(C)c2ccc(N)cc2oc1=O. The Labute approximate surface area is 374 Å². The normalized spacial score (nSPS) is 11.5. The molecule has 20 heteroatoms. The molecule has 1 amide bonds. The number of fused-ring (bicyclic) bond motifs is 1. The van der Waals surface area contributed by atoms with Crippen LogP contribution in [0.3, 0.4) is 0 Å². The third-order valence-corrected chi connectivity index (χ3v) is 9.42. The van der Waals surface area contributed by atoms with Crippen molar-refractivity contribution in [2.24, 2.45) is 0 Å². The number of rotatable bonds is 40. The van der Waals surface area contributed by atoms with Crippen molar-refractivity contribution in [2.45, 2.75) is 45.4 Å². The van der Waals surface area contributed by atoms with Crippen molar-refractivity contribution < 1.29 is 76.4 Å². The number of methoxy groups -OCH3 is 1. The van der Waals surface area contributed by atoms with Gasteiger partial charge in [-0.25, -0.2) is 9.59 Å². The van der Waals surface area contributed by atoms with Gasteiger partial charge in [-0.3, -0.25) is 4.79 Å². The molecular weight excluding hydrogens is 842 g/mol. The predicted molar refractivity (Wildman–Crippen MR) is 234 cm³/mol. The summed E-state index contributed by atoms with van der Waals surface area (Å²) >= 11 is 0. The molecule has 0 unspecified atom stereocenters. The van der Waals surface area contributed by atoms with Crippen molar-refractivity contribution in [2.75, 3.05) is 151 Å². The molecule has 20 nitrogen and oxygen atoms in total. The first-order valence-electron chi connectivity index (χ1n) is 21.8. The number of nitrogen functional groups attached to an aromatic ring is 1. The summed E-state index contributed by atoms with van der Waals surface area (Å²) in [6.45, 7) is 11.4. The average molecular weight is 912 g/mol. The Balaban J connectivity index is 1.19. The van der Waals surface area contributed by atoms with Gasteiger partial charge in [-0.15, -0.1) is 4.73 Å². The maximum Gasteiger partial charge on any atom is 0.340 e. The van der Waals surface area contributed by atoms with Crippen molar-refractivity contribution >= 4 is 28.5 Å². The van der Waals surface area contributed by atoms with Crippen LogP contribution in [0.5, 0.6) is 11.8 Å². The molecule has 0 spiro atoms. The molecule has 2 heterocycles. The second-order valence-corrected chi connectivity index (χ2v) is 14.3. The number of carbonyl (C=O) groups is 2. The molecule has 0 saturated carbocycles. The van der Waals surface area contributed by atoms with Gasteiger partial charge in [0.05, 0.1) is 131 Å². The van der Waals surface area contributed by atoms with E-state index in [1.807, 2.05) is 0 Å². The number of carbonyl (C=O) groups excluding carboxylic acids is 2. The molecule has 1 aromatic carbocycles. The number of unbranched alkanes of at least 4 members (excludes halogenated alkanes) is 2. The van der Waals surface area contributed by atoms with Gasteiger partial charge in [0.1, 0.15) is 5.58 Å². The van der Waals surface area contributed by atoms with E-state index in [2.05, 4.69) is 0 Å². The van der Waals surface area contributed by atoms with Gasteiger partial charge in [-0.1, -0.05) is 6.42 Å². The molecule has 64 heavy (non-hydrogen) atoms. The molecule has 3 aromatic rings. The summed E-state index contributed by atoms with van der Waals surface area (Å²) < 4.78 is 60.6. The monoisotopic (exact) mass is 911 g/mol. The highest BCUT2D eigenvalue weighted by molar-refractivity contribution is 5.86. The van der Waals surface area contributed by atoms with Gasteiger partial charge in [0.25, 0.3) is 0 Å². The van der Waals surface area contributed by atoms with E-state index in [1.54, 1.807) is 37.1 Å². The number of nitrogens with zero attached hydrogens (tertiary/aromatic N) is 2. The first-order valence-corrected chi connectivity index (χ1v) is 21.8. The summed E-state index contributed by atoms with van der Waals surface area (Å²) in [7, 11) is 1.63. The summed E-state index contributed by atoms with van der Waals surface area (Å²) in [6.07, 6.45) is 2.10. The minimum absolute atomic E-state index is 0.0433. The molecule has 0 bridgehead atoms. The largest absolute Gasteiger partial charge is 0.492 e. The smallest absolute Gasteiger partial charge is 0.340 e. The van der Waals surface area contributed by atoms with Gasteiger partial charge in [0.2, 0.25) is 17.7 Å². The summed E-state index contributed by atoms with van der Waals surface area (Å²) in [4.78, 5) is 45.5. The maximum absolute atomic E-state index is 13.6. The molecule has 362 valence electrons. The lowest BCUT2D eigenvalue weighted by Gasteiger charge is -2.23. The Hall–Kier alpha value is -4.35. The lowest BCUT2D eigenvalue weighted by Crippen LogP contribution is -2.36. The van der Waals surface area contributed by atoms with Gasteiger partial charge in [0.15, 0.2) is 0 Å². The van der Waals surface area contributed by atoms with Gasteiger partial charge < -0.3 is 77.5 Å². The molecule has 0 saturated heterocycles. The zero-order valence-corrected chi connectivity index (χ0v) is 37.5. The molecule has 2 aromatic heterocycles. The highest BCUT2D eigenvalue weighted by Gasteiger charge is 2.20. The van der Waals surface area contributed by atoms with Crippen LogP contribution in [0.25, 0.3) is 11.0 Å². The fraction of sp³-hybridized carbons (Fsp3) is 0.659. The topological polar surface area (TPSA) is 241 Å². The van der Waals surface area contributed by atoms with E-state index in [0.29, 0.717) is 191 Å². The van der Waals surface area contributed by atoms with Crippen LogP contribution in [-0.4, -0.2) is 177 Å². The van der Waals surface area contributed by atoms with E-state index in [-0.39, 0.29) is 24.3 Å². The van der Waals surface area contributed by atoms with E-state index in [9.17, 15) is 24.6 Å². The average Bonchev–Trinajstić information content (AvgIpc) is 3.59. The molecule has 0 aliphatic heterocycles. The van der Waals surface area contributed by atoms with Crippen molar-refractivity contribution in [1.29, 1.82) is 0 Å². The van der Waals surface area contributed by atoms with Crippen LogP contribution in [0.15, 0.2) is 39.5 Å². The van der Waals surface area contributed by atoms with E-state index in [4.69, 9.17) is 62.4 Å². The standard InChI is InChI=1S/C44H69N3O17/c1-35-37-9-8-36(45)33-39(37)63-44(52)38(35)34-42(50)46(12-5-3-4-7-43(51)64-47-40(48)10-11-41(47)49)13-6-14-54-17-18-56-21-22-58-25-26-60-29-30-62-32-31-61-28-27-59-24-23-57-20-19-55-16-15-53-2/h8-11,33,48-49H,3-7,12-32,34,45H2,1-2H3. The van der Waals surface area contributed by atoms with Crippen LogP contribution < -0.4 is 16.2 Å². The van der Waals surface area contributed by atoms with E-state index in [1.165, 1.54) is 12.1 Å². The van der Waals surface area contributed by atoms with Crippen LogP contribution in [-0.2, 0) is 63.4 Å². The van der Waals surface area contributed by atoms with Crippen LogP contribution in [0.2, 0.25) is 0 Å². The van der Waals surface area contributed by atoms with Gasteiger partial charge in [-0.2, -0.15) is 0 Å². The summed E-state index contributed by atoms with van der Waals surface area (Å²) in [5.41, 5.74) is 7.05. The first-order chi connectivity index (χ1) is 31.2. The lowest BCUT2D eigenvalue weighted by atomic mass is 10.0. The molecule has 3 rings (SSSR count). The third-order valence-electron chi connectivity index (χ3n) is 9.42. The molecule has 0 aliphatic carbocycles. The molecule has 0 fully saturated rings. The Bertz CT molecular complexity index is 1750. The zero-order chi connectivity index (χ0) is 46.0. The van der Waals surface area contributed by atoms with E-state index >= 15 is 0 Å².